The normalized spacial score (nSPS) is 17.0. The Labute approximate surface area is 164 Å². The van der Waals surface area contributed by atoms with Crippen LogP contribution in [0.3, 0.4) is 0 Å². The summed E-state index contributed by atoms with van der Waals surface area (Å²) in [4.78, 5) is 25.1. The van der Waals surface area contributed by atoms with Gasteiger partial charge < -0.3 is 10.2 Å². The molecule has 3 rings (SSSR count). The molecule has 8 heteroatoms. The van der Waals surface area contributed by atoms with Crippen molar-refractivity contribution in [3.8, 4) is 0 Å². The second-order valence-corrected chi connectivity index (χ2v) is 8.65. The number of hydrogen-bond donors (Lipinski definition) is 2. The zero-order chi connectivity index (χ0) is 20.1. The van der Waals surface area contributed by atoms with Gasteiger partial charge in [0, 0.05) is 38.7 Å². The zero-order valence-corrected chi connectivity index (χ0v) is 16.4. The van der Waals surface area contributed by atoms with Crippen molar-refractivity contribution >= 4 is 27.5 Å². The van der Waals surface area contributed by atoms with Gasteiger partial charge >= 0.3 is 0 Å². The largest absolute Gasteiger partial charge is 0.338 e. The molecule has 0 aliphatic carbocycles. The molecule has 1 aliphatic heterocycles. The lowest BCUT2D eigenvalue weighted by Gasteiger charge is -2.17. The highest BCUT2D eigenvalue weighted by Gasteiger charge is 2.30. The molecule has 0 spiro atoms. The molecule has 0 aromatic heterocycles. The predicted molar refractivity (Wildman–Crippen MR) is 106 cm³/mol. The summed E-state index contributed by atoms with van der Waals surface area (Å²) in [6.07, 6.45) is 0.330. The average Bonchev–Trinajstić information content (AvgIpc) is 3.01. The summed E-state index contributed by atoms with van der Waals surface area (Å²) in [6.45, 7) is 2.65. The lowest BCUT2D eigenvalue weighted by molar-refractivity contribution is -0.128. The molecule has 7 nitrogen and oxygen atoms in total. The van der Waals surface area contributed by atoms with Crippen LogP contribution in [-0.2, 0) is 26.2 Å². The molecule has 2 amide bonds. The average molecular weight is 401 g/mol. The first-order chi connectivity index (χ1) is 13.3. The monoisotopic (exact) mass is 401 g/mol. The molecule has 2 aromatic carbocycles. The lowest BCUT2D eigenvalue weighted by Crippen LogP contribution is -2.31. The van der Waals surface area contributed by atoms with E-state index in [2.05, 4.69) is 10.0 Å². The second kappa shape index (κ2) is 8.53. The number of rotatable bonds is 7. The fourth-order valence-corrected chi connectivity index (χ4v) is 4.30. The van der Waals surface area contributed by atoms with Crippen molar-refractivity contribution in [2.45, 2.75) is 24.8 Å². The Kier molecular flexibility index (Phi) is 6.11. The second-order valence-electron chi connectivity index (χ2n) is 6.89. The highest BCUT2D eigenvalue weighted by atomic mass is 32.2. The standard InChI is InChI=1S/C20H23N3O4S/c1-15(24)22-18-7-9-19(10-8-18)28(26,27)21-12-17-11-20(25)23(14-17)13-16-5-3-2-4-6-16/h2-10,17,21H,11-14H2,1H3,(H,22,24). The molecule has 28 heavy (non-hydrogen) atoms. The molecular weight excluding hydrogens is 378 g/mol. The summed E-state index contributed by atoms with van der Waals surface area (Å²) in [6, 6.07) is 15.7. The van der Waals surface area contributed by atoms with Crippen LogP contribution in [0.25, 0.3) is 0 Å². The Hall–Kier alpha value is -2.71. The summed E-state index contributed by atoms with van der Waals surface area (Å²) >= 11 is 0. The lowest BCUT2D eigenvalue weighted by atomic mass is 10.1. The third-order valence-corrected chi connectivity index (χ3v) is 6.00. The molecule has 148 valence electrons. The Balaban J connectivity index is 1.56. The number of sulfonamides is 1. The van der Waals surface area contributed by atoms with E-state index >= 15 is 0 Å². The summed E-state index contributed by atoms with van der Waals surface area (Å²) in [5.41, 5.74) is 1.58. The van der Waals surface area contributed by atoms with Crippen LogP contribution in [0.15, 0.2) is 59.5 Å². The van der Waals surface area contributed by atoms with Crippen LogP contribution in [0.2, 0.25) is 0 Å². The molecular formula is C20H23N3O4S. The van der Waals surface area contributed by atoms with Crippen LogP contribution < -0.4 is 10.0 Å². The Morgan fingerprint density at radius 3 is 2.43 bits per heavy atom. The number of anilines is 1. The van der Waals surface area contributed by atoms with E-state index in [1.54, 1.807) is 4.90 Å². The Morgan fingerprint density at radius 2 is 1.79 bits per heavy atom. The molecule has 1 aliphatic rings. The van der Waals surface area contributed by atoms with Crippen molar-refractivity contribution in [2.75, 3.05) is 18.4 Å². The fraction of sp³-hybridized carbons (Fsp3) is 0.300. The summed E-state index contributed by atoms with van der Waals surface area (Å²) < 4.78 is 27.5. The first kappa shape index (κ1) is 20.0. The molecule has 1 saturated heterocycles. The SMILES string of the molecule is CC(=O)Nc1ccc(S(=O)(=O)NCC2CC(=O)N(Cc3ccccc3)C2)cc1. The molecule has 1 heterocycles. The Morgan fingerprint density at radius 1 is 1.11 bits per heavy atom. The minimum absolute atomic E-state index is 0.0349. The molecule has 0 bridgehead atoms. The maximum Gasteiger partial charge on any atom is 0.240 e. The van der Waals surface area contributed by atoms with E-state index < -0.39 is 10.0 Å². The van der Waals surface area contributed by atoms with E-state index in [1.165, 1.54) is 31.2 Å². The van der Waals surface area contributed by atoms with Gasteiger partial charge in [0.1, 0.15) is 0 Å². The van der Waals surface area contributed by atoms with Gasteiger partial charge in [0.2, 0.25) is 21.8 Å². The van der Waals surface area contributed by atoms with E-state index in [0.717, 1.165) is 5.56 Å². The molecule has 1 fully saturated rings. The number of nitrogens with one attached hydrogen (secondary N) is 2. The van der Waals surface area contributed by atoms with Crippen molar-refractivity contribution in [3.05, 3.63) is 60.2 Å². The minimum atomic E-state index is -3.68. The minimum Gasteiger partial charge on any atom is -0.338 e. The Bertz CT molecular complexity index is 943. The zero-order valence-electron chi connectivity index (χ0n) is 15.6. The number of carbonyl (C=O) groups excluding carboxylic acids is 2. The first-order valence-corrected chi connectivity index (χ1v) is 10.5. The van der Waals surface area contributed by atoms with Crippen LogP contribution in [0.5, 0.6) is 0 Å². The van der Waals surface area contributed by atoms with Crippen molar-refractivity contribution in [3.63, 3.8) is 0 Å². The van der Waals surface area contributed by atoms with Gasteiger partial charge in [0.15, 0.2) is 0 Å². The van der Waals surface area contributed by atoms with Crippen LogP contribution in [0.4, 0.5) is 5.69 Å². The quantitative estimate of drug-likeness (QED) is 0.741. The third-order valence-electron chi connectivity index (χ3n) is 4.56. The highest BCUT2D eigenvalue weighted by Crippen LogP contribution is 2.21. The van der Waals surface area contributed by atoms with Crippen molar-refractivity contribution in [2.24, 2.45) is 5.92 Å². The van der Waals surface area contributed by atoms with Crippen molar-refractivity contribution < 1.29 is 18.0 Å². The van der Waals surface area contributed by atoms with Crippen molar-refractivity contribution in [1.29, 1.82) is 0 Å². The van der Waals surface area contributed by atoms with Gasteiger partial charge in [-0.1, -0.05) is 30.3 Å². The number of nitrogens with zero attached hydrogens (tertiary/aromatic N) is 1. The maximum atomic E-state index is 12.5. The van der Waals surface area contributed by atoms with E-state index in [0.29, 0.717) is 25.2 Å². The van der Waals surface area contributed by atoms with E-state index in [4.69, 9.17) is 0 Å². The highest BCUT2D eigenvalue weighted by molar-refractivity contribution is 7.89. The number of amides is 2. The van der Waals surface area contributed by atoms with Crippen molar-refractivity contribution in [1.82, 2.24) is 9.62 Å². The van der Waals surface area contributed by atoms with Crippen LogP contribution in [0, 0.1) is 5.92 Å². The van der Waals surface area contributed by atoms with Gasteiger partial charge in [-0.05, 0) is 35.7 Å². The fourth-order valence-electron chi connectivity index (χ4n) is 3.18. The van der Waals surface area contributed by atoms with E-state index in [-0.39, 0.29) is 29.2 Å². The molecule has 2 N–H and O–H groups in total. The summed E-state index contributed by atoms with van der Waals surface area (Å²) in [5.74, 6) is -0.253. The number of benzene rings is 2. The number of likely N-dealkylation sites (tertiary alicyclic amines) is 1. The van der Waals surface area contributed by atoms with E-state index in [1.807, 2.05) is 30.3 Å². The third kappa shape index (κ3) is 5.17. The van der Waals surface area contributed by atoms with Gasteiger partial charge in [0.05, 0.1) is 4.90 Å². The van der Waals surface area contributed by atoms with Gasteiger partial charge in [-0.3, -0.25) is 9.59 Å². The molecule has 1 unspecified atom stereocenters. The maximum absolute atomic E-state index is 12.5. The van der Waals surface area contributed by atoms with Crippen LogP contribution in [0.1, 0.15) is 18.9 Å². The topological polar surface area (TPSA) is 95.6 Å². The van der Waals surface area contributed by atoms with Gasteiger partial charge in [-0.15, -0.1) is 0 Å². The van der Waals surface area contributed by atoms with Gasteiger partial charge in [-0.2, -0.15) is 0 Å². The van der Waals surface area contributed by atoms with Crippen LogP contribution in [-0.4, -0.2) is 38.2 Å². The number of hydrogen-bond acceptors (Lipinski definition) is 4. The summed E-state index contributed by atoms with van der Waals surface area (Å²) in [5, 5.41) is 2.59. The summed E-state index contributed by atoms with van der Waals surface area (Å²) in [7, 11) is -3.68. The first-order valence-electron chi connectivity index (χ1n) is 9.02. The molecule has 1 atom stereocenters. The number of carbonyl (C=O) groups is 2. The molecule has 2 aromatic rings. The van der Waals surface area contributed by atoms with Gasteiger partial charge in [-0.25, -0.2) is 13.1 Å². The van der Waals surface area contributed by atoms with Crippen LogP contribution >= 0.6 is 0 Å². The van der Waals surface area contributed by atoms with Gasteiger partial charge in [0.25, 0.3) is 0 Å². The molecule has 0 radical (unpaired) electrons. The predicted octanol–water partition coefficient (Wildman–Crippen LogP) is 1.97. The smallest absolute Gasteiger partial charge is 0.240 e. The van der Waals surface area contributed by atoms with E-state index in [9.17, 15) is 18.0 Å². The molecule has 0 saturated carbocycles.